The summed E-state index contributed by atoms with van der Waals surface area (Å²) in [6.45, 7) is 5.36. The van der Waals surface area contributed by atoms with Crippen molar-refractivity contribution in [3.63, 3.8) is 0 Å². The SMILES string of the molecule is COCCn1c(SCC(=O)NC(c2cccs2)C(C)C)nnc1-c1ccncc1. The van der Waals surface area contributed by atoms with Gasteiger partial charge in [-0.05, 0) is 29.5 Å². The molecule has 1 N–H and O–H groups in total. The van der Waals surface area contributed by atoms with Gasteiger partial charge in [-0.25, -0.2) is 0 Å². The third kappa shape index (κ3) is 5.65. The van der Waals surface area contributed by atoms with Crippen molar-refractivity contribution in [2.45, 2.75) is 31.6 Å². The standard InChI is InChI=1S/C20H25N5O2S2/c1-14(2)18(16-5-4-12-28-16)22-17(26)13-29-20-24-23-19(25(20)10-11-27-3)15-6-8-21-9-7-15/h4-9,12,14,18H,10-11,13H2,1-3H3,(H,22,26). The fourth-order valence-electron chi connectivity index (χ4n) is 2.87. The van der Waals surface area contributed by atoms with Crippen molar-refractivity contribution < 1.29 is 9.53 Å². The Kier molecular flexibility index (Phi) is 7.79. The van der Waals surface area contributed by atoms with Gasteiger partial charge in [-0.1, -0.05) is 31.7 Å². The Labute approximate surface area is 178 Å². The van der Waals surface area contributed by atoms with Crippen LogP contribution in [0.5, 0.6) is 0 Å². The van der Waals surface area contributed by atoms with E-state index in [1.165, 1.54) is 16.6 Å². The summed E-state index contributed by atoms with van der Waals surface area (Å²) in [6, 6.07) is 7.87. The molecule has 0 aliphatic heterocycles. The molecule has 3 aromatic heterocycles. The molecule has 1 atom stereocenters. The van der Waals surface area contributed by atoms with E-state index in [1.807, 2.05) is 28.1 Å². The van der Waals surface area contributed by atoms with Crippen molar-refractivity contribution in [2.24, 2.45) is 5.92 Å². The minimum Gasteiger partial charge on any atom is -0.383 e. The number of aromatic nitrogens is 4. The van der Waals surface area contributed by atoms with E-state index in [4.69, 9.17) is 4.74 Å². The predicted octanol–water partition coefficient (Wildman–Crippen LogP) is 3.65. The summed E-state index contributed by atoms with van der Waals surface area (Å²) in [5, 5.41) is 14.5. The van der Waals surface area contributed by atoms with E-state index in [-0.39, 0.29) is 17.7 Å². The smallest absolute Gasteiger partial charge is 0.230 e. The van der Waals surface area contributed by atoms with Gasteiger partial charge < -0.3 is 10.1 Å². The van der Waals surface area contributed by atoms with Gasteiger partial charge in [0.15, 0.2) is 11.0 Å². The van der Waals surface area contributed by atoms with Crippen LogP contribution in [0, 0.1) is 5.92 Å². The second-order valence-electron chi connectivity index (χ2n) is 6.78. The minimum atomic E-state index is -0.0196. The highest BCUT2D eigenvalue weighted by molar-refractivity contribution is 7.99. The number of carbonyl (C=O) groups is 1. The highest BCUT2D eigenvalue weighted by Crippen LogP contribution is 2.27. The molecule has 29 heavy (non-hydrogen) atoms. The summed E-state index contributed by atoms with van der Waals surface area (Å²) in [6.07, 6.45) is 3.45. The minimum absolute atomic E-state index is 0.0156. The molecule has 0 aromatic carbocycles. The number of hydrogen-bond donors (Lipinski definition) is 1. The molecule has 0 aliphatic rings. The van der Waals surface area contributed by atoms with Crippen molar-refractivity contribution in [3.8, 4) is 11.4 Å². The van der Waals surface area contributed by atoms with E-state index in [2.05, 4.69) is 40.4 Å². The zero-order chi connectivity index (χ0) is 20.6. The van der Waals surface area contributed by atoms with Gasteiger partial charge in [0.25, 0.3) is 0 Å². The van der Waals surface area contributed by atoms with Crippen molar-refractivity contribution in [2.75, 3.05) is 19.5 Å². The predicted molar refractivity (Wildman–Crippen MR) is 116 cm³/mol. The Bertz CT molecular complexity index is 897. The molecule has 0 spiro atoms. The average Bonchev–Trinajstić information content (AvgIpc) is 3.39. The molecule has 1 unspecified atom stereocenters. The Morgan fingerprint density at radius 3 is 2.72 bits per heavy atom. The quantitative estimate of drug-likeness (QED) is 0.494. The van der Waals surface area contributed by atoms with Gasteiger partial charge in [0, 0.05) is 29.9 Å². The molecular weight excluding hydrogens is 406 g/mol. The van der Waals surface area contributed by atoms with Crippen LogP contribution in [0.15, 0.2) is 47.2 Å². The largest absolute Gasteiger partial charge is 0.383 e. The van der Waals surface area contributed by atoms with Crippen LogP contribution in [-0.4, -0.2) is 45.1 Å². The average molecular weight is 432 g/mol. The lowest BCUT2D eigenvalue weighted by atomic mass is 10.0. The number of pyridine rings is 1. The van der Waals surface area contributed by atoms with Gasteiger partial charge in [0.2, 0.25) is 5.91 Å². The number of hydrogen-bond acceptors (Lipinski definition) is 7. The van der Waals surface area contributed by atoms with Crippen LogP contribution in [0.1, 0.15) is 24.8 Å². The van der Waals surface area contributed by atoms with E-state index in [9.17, 15) is 4.79 Å². The third-order valence-corrected chi connectivity index (χ3v) is 6.26. The molecule has 3 aromatic rings. The van der Waals surface area contributed by atoms with Crippen LogP contribution in [0.25, 0.3) is 11.4 Å². The Hall–Kier alpha value is -2.23. The molecule has 0 fully saturated rings. The van der Waals surface area contributed by atoms with Crippen molar-refractivity contribution >= 4 is 29.0 Å². The number of ether oxygens (including phenoxy) is 1. The number of amides is 1. The number of thioether (sulfide) groups is 1. The molecule has 3 heterocycles. The van der Waals surface area contributed by atoms with Crippen LogP contribution in [0.2, 0.25) is 0 Å². The van der Waals surface area contributed by atoms with Crippen LogP contribution in [0.3, 0.4) is 0 Å². The number of carbonyl (C=O) groups excluding carboxylic acids is 1. The van der Waals surface area contributed by atoms with Crippen LogP contribution >= 0.6 is 23.1 Å². The fourth-order valence-corrected chi connectivity index (χ4v) is 4.60. The molecule has 0 saturated heterocycles. The monoisotopic (exact) mass is 431 g/mol. The molecule has 0 radical (unpaired) electrons. The Morgan fingerprint density at radius 2 is 2.07 bits per heavy atom. The summed E-state index contributed by atoms with van der Waals surface area (Å²) in [5.41, 5.74) is 0.928. The molecule has 7 nitrogen and oxygen atoms in total. The van der Waals surface area contributed by atoms with E-state index in [1.54, 1.807) is 30.8 Å². The van der Waals surface area contributed by atoms with Gasteiger partial charge >= 0.3 is 0 Å². The van der Waals surface area contributed by atoms with Crippen LogP contribution < -0.4 is 5.32 Å². The maximum atomic E-state index is 12.6. The lowest BCUT2D eigenvalue weighted by Gasteiger charge is -2.21. The highest BCUT2D eigenvalue weighted by atomic mass is 32.2. The molecule has 0 saturated carbocycles. The summed E-state index contributed by atoms with van der Waals surface area (Å²) in [5.74, 6) is 1.31. The molecule has 3 rings (SSSR count). The maximum Gasteiger partial charge on any atom is 0.230 e. The first-order valence-corrected chi connectivity index (χ1v) is 11.2. The van der Waals surface area contributed by atoms with Crippen molar-refractivity contribution in [1.29, 1.82) is 0 Å². The van der Waals surface area contributed by atoms with Crippen molar-refractivity contribution in [1.82, 2.24) is 25.1 Å². The van der Waals surface area contributed by atoms with Gasteiger partial charge in [-0.15, -0.1) is 21.5 Å². The summed E-state index contributed by atoms with van der Waals surface area (Å²) < 4.78 is 7.21. The number of thiophene rings is 1. The van der Waals surface area contributed by atoms with E-state index in [0.717, 1.165) is 11.4 Å². The molecular formula is C20H25N5O2S2. The normalized spacial score (nSPS) is 12.3. The molecule has 154 valence electrons. The maximum absolute atomic E-state index is 12.6. The first-order valence-electron chi connectivity index (χ1n) is 9.38. The summed E-state index contributed by atoms with van der Waals surface area (Å²) in [4.78, 5) is 17.8. The molecule has 9 heteroatoms. The fraction of sp³-hybridized carbons (Fsp3) is 0.400. The van der Waals surface area contributed by atoms with Gasteiger partial charge in [0.05, 0.1) is 24.9 Å². The van der Waals surface area contributed by atoms with Crippen LogP contribution in [-0.2, 0) is 16.1 Å². The number of methoxy groups -OCH3 is 1. The zero-order valence-electron chi connectivity index (χ0n) is 16.7. The Morgan fingerprint density at radius 1 is 1.28 bits per heavy atom. The van der Waals surface area contributed by atoms with Gasteiger partial charge in [-0.3, -0.25) is 14.3 Å². The van der Waals surface area contributed by atoms with E-state index in [0.29, 0.717) is 24.2 Å². The second-order valence-corrected chi connectivity index (χ2v) is 8.70. The third-order valence-electron chi connectivity index (χ3n) is 4.34. The highest BCUT2D eigenvalue weighted by Gasteiger charge is 2.20. The molecule has 1 amide bonds. The number of nitrogens with one attached hydrogen (secondary N) is 1. The lowest BCUT2D eigenvalue weighted by molar-refractivity contribution is -0.119. The summed E-state index contributed by atoms with van der Waals surface area (Å²) in [7, 11) is 1.66. The van der Waals surface area contributed by atoms with Crippen LogP contribution in [0.4, 0.5) is 0 Å². The number of nitrogens with zero attached hydrogens (tertiary/aromatic N) is 4. The van der Waals surface area contributed by atoms with Gasteiger partial charge in [-0.2, -0.15) is 0 Å². The molecule has 0 aliphatic carbocycles. The van der Waals surface area contributed by atoms with Gasteiger partial charge in [0.1, 0.15) is 0 Å². The first-order chi connectivity index (χ1) is 14.1. The second kappa shape index (κ2) is 10.5. The number of rotatable bonds is 10. The van der Waals surface area contributed by atoms with Crippen molar-refractivity contribution in [3.05, 3.63) is 46.9 Å². The molecule has 0 bridgehead atoms. The van der Waals surface area contributed by atoms with E-state index >= 15 is 0 Å². The lowest BCUT2D eigenvalue weighted by Crippen LogP contribution is -2.32. The van der Waals surface area contributed by atoms with E-state index < -0.39 is 0 Å². The summed E-state index contributed by atoms with van der Waals surface area (Å²) >= 11 is 3.04. The Balaban J connectivity index is 1.69. The topological polar surface area (TPSA) is 81.9 Å². The first kappa shape index (κ1) is 21.5. The zero-order valence-corrected chi connectivity index (χ0v) is 18.4.